The summed E-state index contributed by atoms with van der Waals surface area (Å²) in [5, 5.41) is 12.4. The fraction of sp³-hybridized carbons (Fsp3) is 0.867. The first kappa shape index (κ1) is 13.4. The average molecular weight is 248 g/mol. The summed E-state index contributed by atoms with van der Waals surface area (Å²) in [6, 6.07) is 2.53. The zero-order valence-corrected chi connectivity index (χ0v) is 11.5. The second kappa shape index (κ2) is 5.30. The molecular formula is C15H24N2O. The first-order chi connectivity index (χ1) is 8.59. The second-order valence-corrected chi connectivity index (χ2v) is 6.32. The predicted molar refractivity (Wildman–Crippen MR) is 70.6 cm³/mol. The highest BCUT2D eigenvalue weighted by Crippen LogP contribution is 2.41. The van der Waals surface area contributed by atoms with Gasteiger partial charge < -0.3 is 5.32 Å². The minimum atomic E-state index is -0.695. The SMILES string of the molecule is CC(C)C1CCCCC1NC(=O)C1(C#N)CCC1. The van der Waals surface area contributed by atoms with Crippen molar-refractivity contribution in [2.75, 3.05) is 0 Å². The molecule has 0 saturated heterocycles. The Balaban J connectivity index is 1.99. The molecule has 2 aliphatic carbocycles. The normalized spacial score (nSPS) is 30.3. The van der Waals surface area contributed by atoms with Crippen molar-refractivity contribution in [1.82, 2.24) is 5.32 Å². The van der Waals surface area contributed by atoms with E-state index in [1.165, 1.54) is 19.3 Å². The molecule has 0 heterocycles. The fourth-order valence-electron chi connectivity index (χ4n) is 3.36. The van der Waals surface area contributed by atoms with Gasteiger partial charge in [0.1, 0.15) is 5.41 Å². The molecule has 2 saturated carbocycles. The van der Waals surface area contributed by atoms with Gasteiger partial charge in [0.2, 0.25) is 5.91 Å². The number of rotatable bonds is 3. The molecule has 0 bridgehead atoms. The first-order valence-corrected chi connectivity index (χ1v) is 7.31. The molecule has 2 aliphatic rings. The minimum absolute atomic E-state index is 0.00574. The van der Waals surface area contributed by atoms with E-state index in [2.05, 4.69) is 25.2 Å². The van der Waals surface area contributed by atoms with Gasteiger partial charge >= 0.3 is 0 Å². The Bertz CT molecular complexity index is 352. The van der Waals surface area contributed by atoms with Crippen LogP contribution in [-0.2, 0) is 4.79 Å². The van der Waals surface area contributed by atoms with Crippen LogP contribution in [0.15, 0.2) is 0 Å². The van der Waals surface area contributed by atoms with Gasteiger partial charge in [-0.2, -0.15) is 5.26 Å². The Hall–Kier alpha value is -1.04. The highest BCUT2D eigenvalue weighted by atomic mass is 16.2. The zero-order valence-electron chi connectivity index (χ0n) is 11.5. The van der Waals surface area contributed by atoms with Crippen molar-refractivity contribution in [2.24, 2.45) is 17.3 Å². The Kier molecular flexibility index (Phi) is 3.94. The van der Waals surface area contributed by atoms with Crippen LogP contribution in [0.4, 0.5) is 0 Å². The van der Waals surface area contributed by atoms with Crippen LogP contribution in [0.1, 0.15) is 58.8 Å². The van der Waals surface area contributed by atoms with E-state index in [0.29, 0.717) is 11.8 Å². The molecule has 2 fully saturated rings. The summed E-state index contributed by atoms with van der Waals surface area (Å²) in [4.78, 5) is 12.3. The summed E-state index contributed by atoms with van der Waals surface area (Å²) in [6.45, 7) is 4.47. The lowest BCUT2D eigenvalue weighted by Crippen LogP contribution is -2.51. The molecule has 18 heavy (non-hydrogen) atoms. The Morgan fingerprint density at radius 1 is 1.28 bits per heavy atom. The van der Waals surface area contributed by atoms with Crippen molar-refractivity contribution in [1.29, 1.82) is 5.26 Å². The minimum Gasteiger partial charge on any atom is -0.352 e. The average Bonchev–Trinajstić information content (AvgIpc) is 2.28. The van der Waals surface area contributed by atoms with Crippen molar-refractivity contribution in [3.05, 3.63) is 0 Å². The molecule has 2 rings (SSSR count). The van der Waals surface area contributed by atoms with E-state index < -0.39 is 5.41 Å². The number of nitrogens with one attached hydrogen (secondary N) is 1. The third-order valence-electron chi connectivity index (χ3n) is 4.85. The Labute approximate surface area is 110 Å². The lowest BCUT2D eigenvalue weighted by atomic mass is 9.68. The van der Waals surface area contributed by atoms with Crippen molar-refractivity contribution in [3.8, 4) is 6.07 Å². The van der Waals surface area contributed by atoms with E-state index in [1.54, 1.807) is 0 Å². The maximum Gasteiger partial charge on any atom is 0.240 e. The Morgan fingerprint density at radius 2 is 1.94 bits per heavy atom. The molecule has 0 aromatic heterocycles. The standard InChI is InChI=1S/C15H24N2O/c1-11(2)12-6-3-4-7-13(12)17-14(18)15(10-16)8-5-9-15/h11-13H,3-9H2,1-2H3,(H,17,18). The maximum atomic E-state index is 12.3. The van der Waals surface area contributed by atoms with Crippen molar-refractivity contribution < 1.29 is 4.79 Å². The topological polar surface area (TPSA) is 52.9 Å². The number of hydrogen-bond acceptors (Lipinski definition) is 2. The maximum absolute atomic E-state index is 12.3. The van der Waals surface area contributed by atoms with Gasteiger partial charge in [0.15, 0.2) is 0 Å². The molecular weight excluding hydrogens is 224 g/mol. The van der Waals surface area contributed by atoms with E-state index in [1.807, 2.05) is 0 Å². The van der Waals surface area contributed by atoms with Crippen LogP contribution in [0.2, 0.25) is 0 Å². The number of carbonyl (C=O) groups excluding carboxylic acids is 1. The molecule has 0 radical (unpaired) electrons. The second-order valence-electron chi connectivity index (χ2n) is 6.32. The molecule has 2 atom stereocenters. The van der Waals surface area contributed by atoms with E-state index in [0.717, 1.165) is 25.7 Å². The highest BCUT2D eigenvalue weighted by Gasteiger charge is 2.45. The van der Waals surface area contributed by atoms with Crippen LogP contribution in [0.3, 0.4) is 0 Å². The van der Waals surface area contributed by atoms with Gasteiger partial charge in [0.25, 0.3) is 0 Å². The number of nitrogens with zero attached hydrogens (tertiary/aromatic N) is 1. The van der Waals surface area contributed by atoms with Gasteiger partial charge in [-0.3, -0.25) is 4.79 Å². The predicted octanol–water partition coefficient (Wildman–Crippen LogP) is 3.01. The molecule has 3 nitrogen and oxygen atoms in total. The van der Waals surface area contributed by atoms with E-state index in [9.17, 15) is 10.1 Å². The quantitative estimate of drug-likeness (QED) is 0.834. The van der Waals surface area contributed by atoms with E-state index >= 15 is 0 Å². The van der Waals surface area contributed by atoms with Gasteiger partial charge in [0, 0.05) is 6.04 Å². The third-order valence-corrected chi connectivity index (χ3v) is 4.85. The van der Waals surface area contributed by atoms with Crippen LogP contribution in [-0.4, -0.2) is 11.9 Å². The largest absolute Gasteiger partial charge is 0.352 e. The fourth-order valence-corrected chi connectivity index (χ4v) is 3.36. The summed E-state index contributed by atoms with van der Waals surface area (Å²) in [7, 11) is 0. The summed E-state index contributed by atoms with van der Waals surface area (Å²) >= 11 is 0. The molecule has 1 amide bonds. The van der Waals surface area contributed by atoms with Gasteiger partial charge in [-0.05, 0) is 43.9 Å². The monoisotopic (exact) mass is 248 g/mol. The van der Waals surface area contributed by atoms with Gasteiger partial charge in [0.05, 0.1) is 6.07 Å². The smallest absolute Gasteiger partial charge is 0.240 e. The number of hydrogen-bond donors (Lipinski definition) is 1. The molecule has 0 aromatic rings. The molecule has 0 spiro atoms. The molecule has 3 heteroatoms. The van der Waals surface area contributed by atoms with Crippen LogP contribution in [0.25, 0.3) is 0 Å². The molecule has 100 valence electrons. The zero-order chi connectivity index (χ0) is 13.2. The number of nitriles is 1. The molecule has 1 N–H and O–H groups in total. The van der Waals surface area contributed by atoms with E-state index in [4.69, 9.17) is 0 Å². The van der Waals surface area contributed by atoms with E-state index in [-0.39, 0.29) is 11.9 Å². The summed E-state index contributed by atoms with van der Waals surface area (Å²) in [5.41, 5.74) is -0.695. The lowest BCUT2D eigenvalue weighted by molar-refractivity contribution is -0.133. The lowest BCUT2D eigenvalue weighted by Gasteiger charge is -2.39. The molecule has 2 unspecified atom stereocenters. The van der Waals surface area contributed by atoms with Crippen LogP contribution >= 0.6 is 0 Å². The molecule has 0 aromatic carbocycles. The first-order valence-electron chi connectivity index (χ1n) is 7.31. The van der Waals surface area contributed by atoms with Gasteiger partial charge in [-0.15, -0.1) is 0 Å². The van der Waals surface area contributed by atoms with Crippen molar-refractivity contribution in [3.63, 3.8) is 0 Å². The van der Waals surface area contributed by atoms with Crippen LogP contribution < -0.4 is 5.32 Å². The highest BCUT2D eigenvalue weighted by molar-refractivity contribution is 5.86. The summed E-state index contributed by atoms with van der Waals surface area (Å²) in [6.07, 6.45) is 7.27. The van der Waals surface area contributed by atoms with Crippen molar-refractivity contribution in [2.45, 2.75) is 64.8 Å². The summed E-state index contributed by atoms with van der Waals surface area (Å²) in [5.74, 6) is 1.18. The van der Waals surface area contributed by atoms with Crippen molar-refractivity contribution >= 4 is 5.91 Å². The number of carbonyl (C=O) groups is 1. The summed E-state index contributed by atoms with van der Waals surface area (Å²) < 4.78 is 0. The van der Waals surface area contributed by atoms with Crippen LogP contribution in [0.5, 0.6) is 0 Å². The number of amides is 1. The third kappa shape index (κ3) is 2.39. The molecule has 0 aliphatic heterocycles. The van der Waals surface area contributed by atoms with Crippen LogP contribution in [0, 0.1) is 28.6 Å². The van der Waals surface area contributed by atoms with Gasteiger partial charge in [-0.1, -0.05) is 26.7 Å². The Morgan fingerprint density at radius 3 is 2.44 bits per heavy atom. The van der Waals surface area contributed by atoms with Gasteiger partial charge in [-0.25, -0.2) is 0 Å².